The number of hydrogen-bond donors (Lipinski definition) is 2. The molecule has 2 N–H and O–H groups in total. The number of carbonyl (C=O) groups is 2. The van der Waals surface area contributed by atoms with Crippen LogP contribution in [0.5, 0.6) is 5.75 Å². The Morgan fingerprint density at radius 3 is 2.30 bits per heavy atom. The zero-order valence-corrected chi connectivity index (χ0v) is 17.7. The third kappa shape index (κ3) is 5.37. The molecule has 1 aliphatic rings. The van der Waals surface area contributed by atoms with Crippen molar-refractivity contribution in [2.24, 2.45) is 0 Å². The molecule has 1 unspecified atom stereocenters. The number of ether oxygens (including phenoxy) is 1. The quantitative estimate of drug-likeness (QED) is 0.726. The maximum Gasteiger partial charge on any atom is 0.246 e. The lowest BCUT2D eigenvalue weighted by Gasteiger charge is -2.33. The highest BCUT2D eigenvalue weighted by Crippen LogP contribution is 2.30. The van der Waals surface area contributed by atoms with Crippen LogP contribution in [0.1, 0.15) is 18.5 Å². The molecule has 0 saturated carbocycles. The second-order valence-electron chi connectivity index (χ2n) is 7.09. The minimum atomic E-state index is -3.07. The van der Waals surface area contributed by atoms with Crippen LogP contribution in [0.15, 0.2) is 48.5 Å². The second-order valence-corrected chi connectivity index (χ2v) is 9.39. The van der Waals surface area contributed by atoms with Gasteiger partial charge in [-0.2, -0.15) is 0 Å². The van der Waals surface area contributed by atoms with Crippen LogP contribution in [0.4, 0.5) is 11.4 Å². The fourth-order valence-corrected chi connectivity index (χ4v) is 4.66. The first-order valence-electron chi connectivity index (χ1n) is 9.55. The summed E-state index contributed by atoms with van der Waals surface area (Å²) in [5, 5.41) is 5.57. The van der Waals surface area contributed by atoms with Crippen molar-refractivity contribution in [3.63, 3.8) is 0 Å². The molecule has 0 aromatic heterocycles. The summed E-state index contributed by atoms with van der Waals surface area (Å²) in [5.74, 6) is -0.00515. The second kappa shape index (κ2) is 9.27. The average Bonchev–Trinajstić information content (AvgIpc) is 2.70. The summed E-state index contributed by atoms with van der Waals surface area (Å²) in [6.07, 6.45) is 0. The van der Waals surface area contributed by atoms with Crippen molar-refractivity contribution in [2.75, 3.05) is 42.3 Å². The van der Waals surface area contributed by atoms with Gasteiger partial charge in [0.1, 0.15) is 11.8 Å². The van der Waals surface area contributed by atoms with Gasteiger partial charge in [-0.05, 0) is 23.8 Å². The van der Waals surface area contributed by atoms with Crippen LogP contribution in [0.3, 0.4) is 0 Å². The number of nitrogens with zero attached hydrogens (tertiary/aromatic N) is 1. The molecule has 30 heavy (non-hydrogen) atoms. The third-order valence-electron chi connectivity index (χ3n) is 4.89. The largest absolute Gasteiger partial charge is 0.495 e. The van der Waals surface area contributed by atoms with Crippen LogP contribution in [0.25, 0.3) is 0 Å². The molecule has 2 aromatic carbocycles. The first kappa shape index (κ1) is 21.8. The van der Waals surface area contributed by atoms with Gasteiger partial charge in [-0.1, -0.05) is 30.3 Å². The molecule has 9 heteroatoms. The maximum atomic E-state index is 13.2. The minimum absolute atomic E-state index is 0.0266. The number of benzene rings is 2. The van der Waals surface area contributed by atoms with Crippen molar-refractivity contribution in [1.29, 1.82) is 0 Å². The van der Waals surface area contributed by atoms with Gasteiger partial charge in [0.2, 0.25) is 11.8 Å². The molecule has 3 rings (SSSR count). The number of nitrogens with one attached hydrogen (secondary N) is 2. The number of anilines is 2. The van der Waals surface area contributed by atoms with E-state index in [2.05, 4.69) is 10.6 Å². The number of methoxy groups -OCH3 is 1. The van der Waals surface area contributed by atoms with E-state index < -0.39 is 15.9 Å². The molecule has 0 aliphatic carbocycles. The lowest BCUT2D eigenvalue weighted by atomic mass is 10.0. The van der Waals surface area contributed by atoms with E-state index in [1.807, 2.05) is 35.2 Å². The zero-order chi connectivity index (χ0) is 21.7. The van der Waals surface area contributed by atoms with Crippen LogP contribution in [0.2, 0.25) is 0 Å². The summed E-state index contributed by atoms with van der Waals surface area (Å²) in [7, 11) is -1.57. The average molecular weight is 432 g/mol. The highest BCUT2D eigenvalue weighted by molar-refractivity contribution is 7.91. The van der Waals surface area contributed by atoms with Gasteiger partial charge in [0, 0.05) is 25.7 Å². The summed E-state index contributed by atoms with van der Waals surface area (Å²) in [4.78, 5) is 26.6. The van der Waals surface area contributed by atoms with Crippen LogP contribution in [-0.4, -0.2) is 56.8 Å². The molecule has 0 bridgehead atoms. The first-order chi connectivity index (χ1) is 14.3. The molecule has 0 spiro atoms. The monoisotopic (exact) mass is 431 g/mol. The Morgan fingerprint density at radius 2 is 1.70 bits per heavy atom. The van der Waals surface area contributed by atoms with E-state index in [9.17, 15) is 18.0 Å². The van der Waals surface area contributed by atoms with E-state index >= 15 is 0 Å². The van der Waals surface area contributed by atoms with Crippen molar-refractivity contribution in [3.05, 3.63) is 54.1 Å². The smallest absolute Gasteiger partial charge is 0.246 e. The fourth-order valence-electron chi connectivity index (χ4n) is 3.43. The Bertz CT molecular complexity index is 1010. The summed E-state index contributed by atoms with van der Waals surface area (Å²) in [6, 6.07) is 13.6. The molecule has 1 aliphatic heterocycles. The number of carbonyl (C=O) groups excluding carboxylic acids is 2. The van der Waals surface area contributed by atoms with E-state index in [0.717, 1.165) is 5.56 Å². The Kier molecular flexibility index (Phi) is 6.73. The molecule has 2 amide bonds. The van der Waals surface area contributed by atoms with Gasteiger partial charge in [-0.15, -0.1) is 0 Å². The molecule has 0 radical (unpaired) electrons. The van der Waals surface area contributed by atoms with Gasteiger partial charge in [0.05, 0.1) is 24.3 Å². The Morgan fingerprint density at radius 1 is 1.03 bits per heavy atom. The molecule has 160 valence electrons. The maximum absolute atomic E-state index is 13.2. The van der Waals surface area contributed by atoms with E-state index in [4.69, 9.17) is 4.74 Å². The fraction of sp³-hybridized carbons (Fsp3) is 0.333. The van der Waals surface area contributed by atoms with Gasteiger partial charge in [-0.25, -0.2) is 8.42 Å². The van der Waals surface area contributed by atoms with Crippen LogP contribution < -0.4 is 15.4 Å². The topological polar surface area (TPSA) is 105 Å². The molecular formula is C21H25N3O5S. The molecule has 1 fully saturated rings. The SMILES string of the molecule is COc1ccc(NC(=O)C(c2ccccc2)N2CCS(=O)(=O)CC2)cc1NC(C)=O. The molecular weight excluding hydrogens is 406 g/mol. The van der Waals surface area contributed by atoms with Crippen molar-refractivity contribution in [3.8, 4) is 5.75 Å². The Balaban J connectivity index is 1.86. The third-order valence-corrected chi connectivity index (χ3v) is 6.49. The predicted molar refractivity (Wildman–Crippen MR) is 115 cm³/mol. The van der Waals surface area contributed by atoms with Gasteiger partial charge in [0.15, 0.2) is 9.84 Å². The van der Waals surface area contributed by atoms with Gasteiger partial charge < -0.3 is 15.4 Å². The molecule has 1 saturated heterocycles. The van der Waals surface area contributed by atoms with Gasteiger partial charge >= 0.3 is 0 Å². The Hall–Kier alpha value is -2.91. The Labute approximate surface area is 176 Å². The van der Waals surface area contributed by atoms with E-state index in [0.29, 0.717) is 17.1 Å². The summed E-state index contributed by atoms with van der Waals surface area (Å²) in [6.45, 7) is 1.96. The molecule has 2 aromatic rings. The predicted octanol–water partition coefficient (Wildman–Crippen LogP) is 2.06. The van der Waals surface area contributed by atoms with Crippen LogP contribution in [-0.2, 0) is 19.4 Å². The standard InChI is InChI=1S/C21H25N3O5S/c1-15(25)22-18-14-17(8-9-19(18)29-2)23-21(26)20(16-6-4-3-5-7-16)24-10-12-30(27,28)13-11-24/h3-9,14,20H,10-13H2,1-2H3,(H,22,25)(H,23,26). The van der Waals surface area contributed by atoms with Gasteiger partial charge in [-0.3, -0.25) is 14.5 Å². The number of hydrogen-bond acceptors (Lipinski definition) is 6. The summed E-state index contributed by atoms with van der Waals surface area (Å²) < 4.78 is 28.9. The summed E-state index contributed by atoms with van der Waals surface area (Å²) in [5.41, 5.74) is 1.73. The molecule has 1 heterocycles. The molecule has 1 atom stereocenters. The van der Waals surface area contributed by atoms with Crippen molar-refractivity contribution >= 4 is 33.0 Å². The lowest BCUT2D eigenvalue weighted by Crippen LogP contribution is -2.46. The first-order valence-corrected chi connectivity index (χ1v) is 11.4. The van der Waals surface area contributed by atoms with Crippen molar-refractivity contribution in [2.45, 2.75) is 13.0 Å². The van der Waals surface area contributed by atoms with E-state index in [-0.39, 0.29) is 36.4 Å². The lowest BCUT2D eigenvalue weighted by molar-refractivity contribution is -0.121. The van der Waals surface area contributed by atoms with Crippen molar-refractivity contribution < 1.29 is 22.7 Å². The zero-order valence-electron chi connectivity index (χ0n) is 16.9. The highest BCUT2D eigenvalue weighted by Gasteiger charge is 2.32. The van der Waals surface area contributed by atoms with E-state index in [1.54, 1.807) is 18.2 Å². The van der Waals surface area contributed by atoms with Gasteiger partial charge in [0.25, 0.3) is 0 Å². The van der Waals surface area contributed by atoms with Crippen LogP contribution >= 0.6 is 0 Å². The normalized spacial score (nSPS) is 17.0. The summed E-state index contributed by atoms with van der Waals surface area (Å²) >= 11 is 0. The highest BCUT2D eigenvalue weighted by atomic mass is 32.2. The number of amides is 2. The van der Waals surface area contributed by atoms with E-state index in [1.165, 1.54) is 14.0 Å². The number of rotatable bonds is 6. The number of sulfone groups is 1. The van der Waals surface area contributed by atoms with Crippen molar-refractivity contribution in [1.82, 2.24) is 4.90 Å². The van der Waals surface area contributed by atoms with Crippen LogP contribution in [0, 0.1) is 0 Å². The minimum Gasteiger partial charge on any atom is -0.495 e. The molecule has 8 nitrogen and oxygen atoms in total.